The number of hydrogen-bond donors (Lipinski definition) is 2. The number of nitrogens with zero attached hydrogens (tertiary/aromatic N) is 1. The highest BCUT2D eigenvalue weighted by Gasteiger charge is 2.17. The number of nitrogens with two attached hydrogens (primary N) is 1. The number of hydrogen-bond acceptors (Lipinski definition) is 4. The molecule has 0 aliphatic heterocycles. The van der Waals surface area contributed by atoms with Gasteiger partial charge in [-0.2, -0.15) is 0 Å². The number of primary amides is 1. The Hall–Kier alpha value is -3.02. The fourth-order valence-electron chi connectivity index (χ4n) is 4.80. The Balaban J connectivity index is 1.64. The Morgan fingerprint density at radius 3 is 1.51 bits per heavy atom. The zero-order valence-electron chi connectivity index (χ0n) is 24.0. The van der Waals surface area contributed by atoms with E-state index in [9.17, 15) is 14.7 Å². The van der Waals surface area contributed by atoms with Crippen LogP contribution in [0.25, 0.3) is 0 Å². The number of carbonyl (C=O) groups is 2. The highest BCUT2D eigenvalue weighted by atomic mass is 16.5. The van der Waals surface area contributed by atoms with Crippen LogP contribution in [0.3, 0.4) is 0 Å². The van der Waals surface area contributed by atoms with Gasteiger partial charge in [0.05, 0.1) is 0 Å². The van der Waals surface area contributed by atoms with Crippen molar-refractivity contribution in [1.82, 2.24) is 0 Å². The number of phenols is 1. The molecule has 2 aromatic rings. The zero-order chi connectivity index (χ0) is 28.1. The molecule has 3 N–H and O–H groups in total. The standard InChI is InChI=1S/C33H50N2O4/c1-2-3-4-5-6-7-8-9-10-11-12-13-14-15-16-17-26-35(33(38)27-32(34)37)28-18-22-30(23-19-28)39-31-24-20-29(36)21-25-31/h18-25,36H,2-17,26-27H2,1H3,(H2,34,37). The normalized spacial score (nSPS) is 10.9. The van der Waals surface area contributed by atoms with Gasteiger partial charge in [0.2, 0.25) is 11.8 Å². The summed E-state index contributed by atoms with van der Waals surface area (Å²) in [4.78, 5) is 25.8. The molecular weight excluding hydrogens is 488 g/mol. The fraction of sp³-hybridized carbons (Fsp3) is 0.576. The van der Waals surface area contributed by atoms with Crippen molar-refractivity contribution < 1.29 is 19.4 Å². The lowest BCUT2D eigenvalue weighted by Gasteiger charge is -2.23. The van der Waals surface area contributed by atoms with E-state index < -0.39 is 5.91 Å². The molecule has 2 aromatic carbocycles. The number of unbranched alkanes of at least 4 members (excludes halogenated alkanes) is 15. The number of carbonyl (C=O) groups excluding carboxylic acids is 2. The van der Waals surface area contributed by atoms with Crippen molar-refractivity contribution in [2.45, 2.75) is 116 Å². The third kappa shape index (κ3) is 14.6. The second-order valence-corrected chi connectivity index (χ2v) is 10.6. The molecule has 0 aliphatic rings. The van der Waals surface area contributed by atoms with Crippen molar-refractivity contribution in [2.24, 2.45) is 5.73 Å². The van der Waals surface area contributed by atoms with Crippen LogP contribution < -0.4 is 15.4 Å². The van der Waals surface area contributed by atoms with E-state index in [4.69, 9.17) is 10.5 Å². The van der Waals surface area contributed by atoms with Crippen LogP contribution in [0, 0.1) is 0 Å². The maximum Gasteiger partial charge on any atom is 0.236 e. The van der Waals surface area contributed by atoms with Crippen LogP contribution in [-0.4, -0.2) is 23.5 Å². The van der Waals surface area contributed by atoms with E-state index in [0.29, 0.717) is 18.0 Å². The number of anilines is 1. The Labute approximate surface area is 235 Å². The lowest BCUT2D eigenvalue weighted by molar-refractivity contribution is -0.126. The molecule has 2 rings (SSSR count). The summed E-state index contributed by atoms with van der Waals surface area (Å²) >= 11 is 0. The van der Waals surface area contributed by atoms with Gasteiger partial charge in [0.25, 0.3) is 0 Å². The Bertz CT molecular complexity index is 928. The van der Waals surface area contributed by atoms with Gasteiger partial charge in [0, 0.05) is 12.2 Å². The van der Waals surface area contributed by atoms with Gasteiger partial charge >= 0.3 is 0 Å². The molecule has 6 heteroatoms. The third-order valence-electron chi connectivity index (χ3n) is 7.08. The number of benzene rings is 2. The molecular formula is C33H50N2O4. The van der Waals surface area contributed by atoms with Gasteiger partial charge in [0.1, 0.15) is 23.7 Å². The summed E-state index contributed by atoms with van der Waals surface area (Å²) in [6.45, 7) is 2.83. The van der Waals surface area contributed by atoms with E-state index in [1.165, 1.54) is 83.5 Å². The van der Waals surface area contributed by atoms with E-state index in [2.05, 4.69) is 6.92 Å². The van der Waals surface area contributed by atoms with Gasteiger partial charge in [0.15, 0.2) is 0 Å². The number of ether oxygens (including phenoxy) is 1. The SMILES string of the molecule is CCCCCCCCCCCCCCCCCCN(C(=O)CC(N)=O)c1ccc(Oc2ccc(O)cc2)cc1. The molecule has 0 saturated heterocycles. The van der Waals surface area contributed by atoms with Crippen LogP contribution in [0.2, 0.25) is 0 Å². The minimum atomic E-state index is -0.621. The molecule has 216 valence electrons. The summed E-state index contributed by atoms with van der Waals surface area (Å²) < 4.78 is 5.80. The number of aromatic hydroxyl groups is 1. The Morgan fingerprint density at radius 2 is 1.08 bits per heavy atom. The second kappa shape index (κ2) is 20.0. The summed E-state index contributed by atoms with van der Waals surface area (Å²) in [5.41, 5.74) is 6.02. The first-order valence-electron chi connectivity index (χ1n) is 15.1. The molecule has 6 nitrogen and oxygen atoms in total. The lowest BCUT2D eigenvalue weighted by atomic mass is 10.0. The Kier molecular flexibility index (Phi) is 16.5. The number of rotatable bonds is 22. The molecule has 39 heavy (non-hydrogen) atoms. The van der Waals surface area contributed by atoms with Crippen molar-refractivity contribution in [3.63, 3.8) is 0 Å². The van der Waals surface area contributed by atoms with Crippen LogP contribution in [-0.2, 0) is 9.59 Å². The Morgan fingerprint density at radius 1 is 0.667 bits per heavy atom. The average Bonchev–Trinajstić information content (AvgIpc) is 2.92. The predicted octanol–water partition coefficient (Wildman–Crippen LogP) is 8.65. The third-order valence-corrected chi connectivity index (χ3v) is 7.08. The number of amides is 2. The van der Waals surface area contributed by atoms with Gasteiger partial charge in [-0.1, -0.05) is 103 Å². The molecule has 0 bridgehead atoms. The monoisotopic (exact) mass is 538 g/mol. The summed E-state index contributed by atoms with van der Waals surface area (Å²) in [5.74, 6) is 0.500. The van der Waals surface area contributed by atoms with Crippen LogP contribution in [0.15, 0.2) is 48.5 Å². The molecule has 0 atom stereocenters. The molecule has 0 aromatic heterocycles. The topological polar surface area (TPSA) is 92.9 Å². The highest BCUT2D eigenvalue weighted by Crippen LogP contribution is 2.26. The van der Waals surface area contributed by atoms with E-state index in [0.717, 1.165) is 24.9 Å². The highest BCUT2D eigenvalue weighted by molar-refractivity contribution is 6.04. The van der Waals surface area contributed by atoms with Crippen molar-refractivity contribution in [2.75, 3.05) is 11.4 Å². The minimum Gasteiger partial charge on any atom is -0.508 e. The fourth-order valence-corrected chi connectivity index (χ4v) is 4.80. The van der Waals surface area contributed by atoms with Crippen LogP contribution in [0.5, 0.6) is 17.2 Å². The largest absolute Gasteiger partial charge is 0.508 e. The maximum atomic E-state index is 12.7. The first kappa shape index (κ1) is 32.2. The molecule has 0 aliphatic carbocycles. The molecule has 0 radical (unpaired) electrons. The van der Waals surface area contributed by atoms with Crippen molar-refractivity contribution in [3.05, 3.63) is 48.5 Å². The van der Waals surface area contributed by atoms with Crippen molar-refractivity contribution in [1.29, 1.82) is 0 Å². The van der Waals surface area contributed by atoms with Gasteiger partial charge in [-0.25, -0.2) is 0 Å². The van der Waals surface area contributed by atoms with E-state index in [1.807, 2.05) is 12.1 Å². The summed E-state index contributed by atoms with van der Waals surface area (Å²) in [7, 11) is 0. The van der Waals surface area contributed by atoms with Crippen molar-refractivity contribution >= 4 is 17.5 Å². The quantitative estimate of drug-likeness (QED) is 0.116. The van der Waals surface area contributed by atoms with Gasteiger partial charge in [-0.15, -0.1) is 0 Å². The summed E-state index contributed by atoms with van der Waals surface area (Å²) in [6, 6.07) is 13.7. The summed E-state index contributed by atoms with van der Waals surface area (Å²) in [6.07, 6.45) is 20.5. The molecule has 2 amide bonds. The predicted molar refractivity (Wildman–Crippen MR) is 160 cm³/mol. The first-order valence-corrected chi connectivity index (χ1v) is 15.1. The minimum absolute atomic E-state index is 0.176. The molecule has 0 saturated carbocycles. The van der Waals surface area contributed by atoms with E-state index in [-0.39, 0.29) is 18.1 Å². The van der Waals surface area contributed by atoms with E-state index in [1.54, 1.807) is 41.3 Å². The zero-order valence-corrected chi connectivity index (χ0v) is 24.0. The average molecular weight is 539 g/mol. The van der Waals surface area contributed by atoms with Crippen LogP contribution in [0.1, 0.15) is 116 Å². The molecule has 0 fully saturated rings. The molecule has 0 spiro atoms. The second-order valence-electron chi connectivity index (χ2n) is 10.6. The number of phenolic OH excluding ortho intramolecular Hbond substituents is 1. The van der Waals surface area contributed by atoms with E-state index >= 15 is 0 Å². The van der Waals surface area contributed by atoms with Crippen molar-refractivity contribution in [3.8, 4) is 17.2 Å². The smallest absolute Gasteiger partial charge is 0.236 e. The molecule has 0 unspecified atom stereocenters. The molecule has 0 heterocycles. The van der Waals surface area contributed by atoms with Gasteiger partial charge in [-0.05, 0) is 55.0 Å². The van der Waals surface area contributed by atoms with Gasteiger partial charge in [-0.3, -0.25) is 9.59 Å². The lowest BCUT2D eigenvalue weighted by Crippen LogP contribution is -2.34. The summed E-state index contributed by atoms with van der Waals surface area (Å²) in [5, 5.41) is 9.42. The first-order chi connectivity index (χ1) is 19.0. The van der Waals surface area contributed by atoms with Crippen LogP contribution >= 0.6 is 0 Å². The van der Waals surface area contributed by atoms with Crippen LogP contribution in [0.4, 0.5) is 5.69 Å². The maximum absolute atomic E-state index is 12.7. The van der Waals surface area contributed by atoms with Gasteiger partial charge < -0.3 is 20.5 Å².